The average Bonchev–Trinajstić information content (AvgIpc) is 2.40. The number of benzene rings is 1. The van der Waals surface area contributed by atoms with E-state index in [4.69, 9.17) is 0 Å². The largest absolute Gasteiger partial charge is 0.370 e. The first-order chi connectivity index (χ1) is 8.70. The van der Waals surface area contributed by atoms with Gasteiger partial charge >= 0.3 is 0 Å². The fraction of sp³-hybridized carbons (Fsp3) is 0.231. The molecule has 0 atom stereocenters. The highest BCUT2D eigenvalue weighted by Crippen LogP contribution is 2.22. The Kier molecular flexibility index (Phi) is 4.25. The molecule has 0 saturated carbocycles. The van der Waals surface area contributed by atoms with Crippen LogP contribution in [0.25, 0.3) is 11.4 Å². The van der Waals surface area contributed by atoms with Gasteiger partial charge in [-0.05, 0) is 46.6 Å². The van der Waals surface area contributed by atoms with Crippen molar-refractivity contribution in [3.8, 4) is 11.4 Å². The van der Waals surface area contributed by atoms with E-state index in [-0.39, 0.29) is 5.82 Å². The number of halogens is 2. The summed E-state index contributed by atoms with van der Waals surface area (Å²) in [6.07, 6.45) is 2.69. The van der Waals surface area contributed by atoms with Gasteiger partial charge < -0.3 is 5.32 Å². The van der Waals surface area contributed by atoms with Crippen LogP contribution < -0.4 is 5.32 Å². The summed E-state index contributed by atoms with van der Waals surface area (Å²) < 4.78 is 13.9. The molecular weight excluding hydrogens is 297 g/mol. The lowest BCUT2D eigenvalue weighted by Gasteiger charge is -2.06. The van der Waals surface area contributed by atoms with Gasteiger partial charge in [-0.2, -0.15) is 0 Å². The van der Waals surface area contributed by atoms with Crippen molar-refractivity contribution in [2.24, 2.45) is 0 Å². The van der Waals surface area contributed by atoms with Crippen LogP contribution in [0.2, 0.25) is 0 Å². The molecule has 0 aliphatic rings. The van der Waals surface area contributed by atoms with Crippen molar-refractivity contribution >= 4 is 21.7 Å². The first kappa shape index (κ1) is 13.0. The molecule has 0 aliphatic heterocycles. The van der Waals surface area contributed by atoms with Gasteiger partial charge in [0.2, 0.25) is 0 Å². The Labute approximate surface area is 114 Å². The molecule has 0 saturated heterocycles. The zero-order chi connectivity index (χ0) is 13.0. The Morgan fingerprint density at radius 3 is 2.89 bits per heavy atom. The molecule has 0 amide bonds. The van der Waals surface area contributed by atoms with Gasteiger partial charge in [0.25, 0.3) is 0 Å². The quantitative estimate of drug-likeness (QED) is 0.931. The summed E-state index contributed by atoms with van der Waals surface area (Å²) in [6, 6.07) is 6.66. The van der Waals surface area contributed by atoms with Gasteiger partial charge in [0.15, 0.2) is 5.82 Å². The Morgan fingerprint density at radius 1 is 1.33 bits per heavy atom. The molecule has 1 aromatic carbocycles. The zero-order valence-electron chi connectivity index (χ0n) is 9.95. The normalized spacial score (nSPS) is 10.4. The predicted octanol–water partition coefficient (Wildman–Crippen LogP) is 3.87. The highest BCUT2D eigenvalue weighted by molar-refractivity contribution is 9.10. The number of nitrogens with zero attached hydrogens (tertiary/aromatic N) is 2. The number of rotatable bonds is 4. The van der Waals surface area contributed by atoms with Crippen molar-refractivity contribution in [1.29, 1.82) is 0 Å². The summed E-state index contributed by atoms with van der Waals surface area (Å²) in [6.45, 7) is 2.93. The van der Waals surface area contributed by atoms with E-state index in [0.29, 0.717) is 15.9 Å². The summed E-state index contributed by atoms with van der Waals surface area (Å²) in [5.41, 5.74) is 0.663. The molecule has 0 unspecified atom stereocenters. The molecule has 1 heterocycles. The van der Waals surface area contributed by atoms with Gasteiger partial charge in [0.05, 0.1) is 4.47 Å². The first-order valence-corrected chi connectivity index (χ1v) is 6.52. The SMILES string of the molecule is CCCNc1ccnc(-c2ccc(Br)c(F)c2)n1. The van der Waals surface area contributed by atoms with E-state index in [9.17, 15) is 4.39 Å². The van der Waals surface area contributed by atoms with Crippen molar-refractivity contribution in [2.75, 3.05) is 11.9 Å². The van der Waals surface area contributed by atoms with Crippen LogP contribution >= 0.6 is 15.9 Å². The highest BCUT2D eigenvalue weighted by atomic mass is 79.9. The molecule has 0 spiro atoms. The Hall–Kier alpha value is -1.49. The lowest BCUT2D eigenvalue weighted by molar-refractivity contribution is 0.621. The van der Waals surface area contributed by atoms with E-state index in [1.165, 1.54) is 6.07 Å². The van der Waals surface area contributed by atoms with Gasteiger partial charge in [-0.3, -0.25) is 0 Å². The molecule has 0 aliphatic carbocycles. The first-order valence-electron chi connectivity index (χ1n) is 5.73. The molecular formula is C13H13BrFN3. The van der Waals surface area contributed by atoms with Crippen molar-refractivity contribution < 1.29 is 4.39 Å². The topological polar surface area (TPSA) is 37.8 Å². The van der Waals surface area contributed by atoms with Gasteiger partial charge in [-0.25, -0.2) is 14.4 Å². The van der Waals surface area contributed by atoms with Crippen molar-refractivity contribution in [3.63, 3.8) is 0 Å². The predicted molar refractivity (Wildman–Crippen MR) is 73.9 cm³/mol. The van der Waals surface area contributed by atoms with E-state index in [1.54, 1.807) is 24.4 Å². The summed E-state index contributed by atoms with van der Waals surface area (Å²) in [5.74, 6) is 0.954. The van der Waals surface area contributed by atoms with E-state index in [2.05, 4.69) is 38.1 Å². The molecule has 2 rings (SSSR count). The second-order valence-electron chi connectivity index (χ2n) is 3.82. The molecule has 5 heteroatoms. The number of nitrogens with one attached hydrogen (secondary N) is 1. The van der Waals surface area contributed by atoms with Gasteiger partial charge in [0.1, 0.15) is 11.6 Å². The maximum atomic E-state index is 13.4. The van der Waals surface area contributed by atoms with Crippen LogP contribution in [-0.2, 0) is 0 Å². The molecule has 0 fully saturated rings. The molecule has 1 aromatic heterocycles. The van der Waals surface area contributed by atoms with Crippen molar-refractivity contribution in [1.82, 2.24) is 9.97 Å². The van der Waals surface area contributed by atoms with E-state index in [0.717, 1.165) is 18.8 Å². The number of hydrogen-bond acceptors (Lipinski definition) is 3. The Balaban J connectivity index is 2.29. The minimum Gasteiger partial charge on any atom is -0.370 e. The monoisotopic (exact) mass is 309 g/mol. The van der Waals surface area contributed by atoms with Crippen molar-refractivity contribution in [2.45, 2.75) is 13.3 Å². The van der Waals surface area contributed by atoms with E-state index >= 15 is 0 Å². The van der Waals surface area contributed by atoms with Crippen molar-refractivity contribution in [3.05, 3.63) is 40.8 Å². The summed E-state index contributed by atoms with van der Waals surface area (Å²) in [5, 5.41) is 3.18. The van der Waals surface area contributed by atoms with E-state index < -0.39 is 0 Å². The van der Waals surface area contributed by atoms with Crippen LogP contribution in [0.15, 0.2) is 34.9 Å². The lowest BCUT2D eigenvalue weighted by atomic mass is 10.2. The minimum atomic E-state index is -0.317. The zero-order valence-corrected chi connectivity index (χ0v) is 11.5. The van der Waals surface area contributed by atoms with Gasteiger partial charge in [-0.1, -0.05) is 6.92 Å². The molecule has 0 radical (unpaired) electrons. The number of hydrogen-bond donors (Lipinski definition) is 1. The van der Waals surface area contributed by atoms with Crippen LogP contribution in [0.1, 0.15) is 13.3 Å². The minimum absolute atomic E-state index is 0.317. The summed E-state index contributed by atoms with van der Waals surface area (Å²) in [4.78, 5) is 8.50. The fourth-order valence-electron chi connectivity index (χ4n) is 1.48. The third kappa shape index (κ3) is 3.04. The highest BCUT2D eigenvalue weighted by Gasteiger charge is 2.06. The van der Waals surface area contributed by atoms with Crippen LogP contribution in [0.4, 0.5) is 10.2 Å². The molecule has 94 valence electrons. The number of aromatic nitrogens is 2. The Morgan fingerprint density at radius 2 is 2.17 bits per heavy atom. The summed E-state index contributed by atoms with van der Waals surface area (Å²) in [7, 11) is 0. The maximum absolute atomic E-state index is 13.4. The molecule has 3 nitrogen and oxygen atoms in total. The number of anilines is 1. The third-order valence-electron chi connectivity index (χ3n) is 2.39. The standard InChI is InChI=1S/C13H13BrFN3/c1-2-6-16-12-5-7-17-13(18-12)9-3-4-10(14)11(15)8-9/h3-5,7-8H,2,6H2,1H3,(H,16,17,18). The van der Waals surface area contributed by atoms with Gasteiger partial charge in [0, 0.05) is 18.3 Å². The lowest BCUT2D eigenvalue weighted by Crippen LogP contribution is -2.03. The van der Waals surface area contributed by atoms with Crippen LogP contribution in [-0.4, -0.2) is 16.5 Å². The molecule has 1 N–H and O–H groups in total. The van der Waals surface area contributed by atoms with Crippen LogP contribution in [0.5, 0.6) is 0 Å². The smallest absolute Gasteiger partial charge is 0.161 e. The third-order valence-corrected chi connectivity index (χ3v) is 3.03. The Bertz CT molecular complexity index is 546. The van der Waals surface area contributed by atoms with Gasteiger partial charge in [-0.15, -0.1) is 0 Å². The molecule has 0 bridgehead atoms. The second-order valence-corrected chi connectivity index (χ2v) is 4.68. The van der Waals surface area contributed by atoms with Crippen LogP contribution in [0.3, 0.4) is 0 Å². The van der Waals surface area contributed by atoms with E-state index in [1.807, 2.05) is 0 Å². The fourth-order valence-corrected chi connectivity index (χ4v) is 1.73. The molecule has 18 heavy (non-hydrogen) atoms. The second kappa shape index (κ2) is 5.91. The molecule has 2 aromatic rings. The average molecular weight is 310 g/mol. The summed E-state index contributed by atoms with van der Waals surface area (Å²) >= 11 is 3.12. The van der Waals surface area contributed by atoms with Crippen LogP contribution in [0, 0.1) is 5.82 Å². The maximum Gasteiger partial charge on any atom is 0.161 e.